The second kappa shape index (κ2) is 13.8. The van der Waals surface area contributed by atoms with E-state index in [0.29, 0.717) is 23.5 Å². The van der Waals surface area contributed by atoms with Crippen molar-refractivity contribution >= 4 is 11.9 Å². The van der Waals surface area contributed by atoms with Gasteiger partial charge in [0.25, 0.3) is 0 Å². The number of hydrogen-bond donors (Lipinski definition) is 1. The highest BCUT2D eigenvalue weighted by Gasteiger charge is 2.16. The highest BCUT2D eigenvalue weighted by atomic mass is 16.5. The van der Waals surface area contributed by atoms with Gasteiger partial charge in [0.1, 0.15) is 11.5 Å². The van der Waals surface area contributed by atoms with E-state index in [-0.39, 0.29) is 11.3 Å². The minimum absolute atomic E-state index is 0.0491. The molecule has 0 bridgehead atoms. The van der Waals surface area contributed by atoms with E-state index in [0.717, 1.165) is 24.8 Å². The lowest BCUT2D eigenvalue weighted by atomic mass is 10.0. The summed E-state index contributed by atoms with van der Waals surface area (Å²) in [6.07, 6.45) is 10.1. The van der Waals surface area contributed by atoms with Crippen molar-refractivity contribution in [2.45, 2.75) is 44.9 Å². The van der Waals surface area contributed by atoms with Gasteiger partial charge in [-0.25, -0.2) is 9.59 Å². The molecule has 0 amide bonds. The molecule has 182 valence electrons. The maximum absolute atomic E-state index is 12.8. The van der Waals surface area contributed by atoms with Gasteiger partial charge in [-0.3, -0.25) is 0 Å². The van der Waals surface area contributed by atoms with Gasteiger partial charge in [-0.1, -0.05) is 62.1 Å². The van der Waals surface area contributed by atoms with Crippen molar-refractivity contribution in [2.75, 3.05) is 6.61 Å². The smallest absolute Gasteiger partial charge is 0.343 e. The molecule has 0 atom stereocenters. The summed E-state index contributed by atoms with van der Waals surface area (Å²) in [5.41, 5.74) is 1.88. The Hall–Kier alpha value is -3.86. The SMILES string of the molecule is C=CCCCCCCCCOc1ccc(C(=O)Oc2cc(C(=O)O)ccc2-c2ccccc2)cc1. The Bertz CT molecular complexity index is 1100. The largest absolute Gasteiger partial charge is 0.494 e. The third-order valence-corrected chi connectivity index (χ3v) is 5.68. The van der Waals surface area contributed by atoms with Crippen LogP contribution in [0, 0.1) is 0 Å². The zero-order chi connectivity index (χ0) is 24.9. The molecular formula is C30H32O5. The van der Waals surface area contributed by atoms with E-state index in [4.69, 9.17) is 9.47 Å². The van der Waals surface area contributed by atoms with Crippen LogP contribution in [0.4, 0.5) is 0 Å². The first kappa shape index (κ1) is 25.8. The van der Waals surface area contributed by atoms with Gasteiger partial charge in [-0.2, -0.15) is 0 Å². The van der Waals surface area contributed by atoms with Gasteiger partial charge in [-0.05, 0) is 67.3 Å². The quantitative estimate of drug-likeness (QED) is 0.113. The average molecular weight is 473 g/mol. The minimum atomic E-state index is -1.09. The maximum atomic E-state index is 12.8. The number of carboxylic acids is 1. The second-order valence-corrected chi connectivity index (χ2v) is 8.34. The molecule has 0 saturated carbocycles. The van der Waals surface area contributed by atoms with E-state index < -0.39 is 11.9 Å². The molecule has 5 nitrogen and oxygen atoms in total. The molecule has 0 saturated heterocycles. The van der Waals surface area contributed by atoms with Gasteiger partial charge in [0.2, 0.25) is 0 Å². The van der Waals surface area contributed by atoms with Crippen LogP contribution in [0.25, 0.3) is 11.1 Å². The van der Waals surface area contributed by atoms with E-state index in [1.807, 2.05) is 36.4 Å². The summed E-state index contributed by atoms with van der Waals surface area (Å²) < 4.78 is 11.4. The Morgan fingerprint density at radius 3 is 2.14 bits per heavy atom. The Morgan fingerprint density at radius 1 is 0.800 bits per heavy atom. The van der Waals surface area contributed by atoms with Gasteiger partial charge in [0.05, 0.1) is 17.7 Å². The zero-order valence-corrected chi connectivity index (χ0v) is 19.9. The van der Waals surface area contributed by atoms with E-state index in [9.17, 15) is 14.7 Å². The number of carbonyl (C=O) groups excluding carboxylic acids is 1. The topological polar surface area (TPSA) is 72.8 Å². The number of esters is 1. The maximum Gasteiger partial charge on any atom is 0.343 e. The van der Waals surface area contributed by atoms with Crippen molar-refractivity contribution in [3.8, 4) is 22.6 Å². The fraction of sp³-hybridized carbons (Fsp3) is 0.267. The second-order valence-electron chi connectivity index (χ2n) is 8.34. The Morgan fingerprint density at radius 2 is 1.46 bits per heavy atom. The molecule has 0 spiro atoms. The highest BCUT2D eigenvalue weighted by Crippen LogP contribution is 2.32. The first-order valence-electron chi connectivity index (χ1n) is 12.1. The van der Waals surface area contributed by atoms with E-state index in [1.165, 1.54) is 37.8 Å². The first-order valence-corrected chi connectivity index (χ1v) is 12.1. The number of hydrogen-bond acceptors (Lipinski definition) is 4. The van der Waals surface area contributed by atoms with Crippen LogP contribution in [0.2, 0.25) is 0 Å². The summed E-state index contributed by atoms with van der Waals surface area (Å²) in [6.45, 7) is 4.38. The third-order valence-electron chi connectivity index (χ3n) is 5.68. The van der Waals surface area contributed by atoms with Gasteiger partial charge in [-0.15, -0.1) is 6.58 Å². The number of aromatic carboxylic acids is 1. The third kappa shape index (κ3) is 8.14. The molecular weight excluding hydrogens is 440 g/mol. The van der Waals surface area contributed by atoms with Crippen LogP contribution in [-0.4, -0.2) is 23.7 Å². The molecule has 3 aromatic carbocycles. The average Bonchev–Trinajstić information content (AvgIpc) is 2.88. The number of allylic oxidation sites excluding steroid dienone is 1. The molecule has 3 rings (SSSR count). The van der Waals surface area contributed by atoms with Crippen LogP contribution in [0.1, 0.15) is 65.7 Å². The normalized spacial score (nSPS) is 10.5. The van der Waals surface area contributed by atoms with Crippen LogP contribution in [-0.2, 0) is 0 Å². The van der Waals surface area contributed by atoms with Crippen molar-refractivity contribution < 1.29 is 24.2 Å². The molecule has 0 unspecified atom stereocenters. The molecule has 0 fully saturated rings. The fourth-order valence-corrected chi connectivity index (χ4v) is 3.73. The number of unbranched alkanes of at least 4 members (excludes halogenated alkanes) is 6. The summed E-state index contributed by atoms with van der Waals surface area (Å²) in [5.74, 6) is -0.750. The monoisotopic (exact) mass is 472 g/mol. The van der Waals surface area contributed by atoms with E-state index in [2.05, 4.69) is 6.58 Å². The van der Waals surface area contributed by atoms with Gasteiger partial charge in [0.15, 0.2) is 0 Å². The summed E-state index contributed by atoms with van der Waals surface area (Å²) in [6, 6.07) is 20.7. The van der Waals surface area contributed by atoms with Gasteiger partial charge < -0.3 is 14.6 Å². The lowest BCUT2D eigenvalue weighted by Gasteiger charge is -2.12. The van der Waals surface area contributed by atoms with E-state index in [1.54, 1.807) is 30.3 Å². The zero-order valence-electron chi connectivity index (χ0n) is 19.9. The molecule has 1 N–H and O–H groups in total. The molecule has 5 heteroatoms. The Labute approximate surface area is 207 Å². The number of carboxylic acid groups (broad SMARTS) is 1. The van der Waals surface area contributed by atoms with Gasteiger partial charge >= 0.3 is 11.9 Å². The molecule has 0 aliphatic rings. The minimum Gasteiger partial charge on any atom is -0.494 e. The Balaban J connectivity index is 1.55. The van der Waals surface area contributed by atoms with E-state index >= 15 is 0 Å². The first-order chi connectivity index (χ1) is 17.1. The summed E-state index contributed by atoms with van der Waals surface area (Å²) in [5, 5.41) is 9.36. The van der Waals surface area contributed by atoms with Crippen molar-refractivity contribution in [1.82, 2.24) is 0 Å². The predicted octanol–water partition coefficient (Wildman–Crippen LogP) is 7.57. The van der Waals surface area contributed by atoms with Crippen LogP contribution in [0.5, 0.6) is 11.5 Å². The highest BCUT2D eigenvalue weighted by molar-refractivity contribution is 5.94. The van der Waals surface area contributed by atoms with Crippen LogP contribution in [0.3, 0.4) is 0 Å². The van der Waals surface area contributed by atoms with Crippen LogP contribution in [0.15, 0.2) is 85.5 Å². The van der Waals surface area contributed by atoms with Crippen molar-refractivity contribution in [3.63, 3.8) is 0 Å². The molecule has 3 aromatic rings. The number of carbonyl (C=O) groups is 2. The number of ether oxygens (including phenoxy) is 2. The van der Waals surface area contributed by atoms with Gasteiger partial charge in [0, 0.05) is 5.56 Å². The molecule has 0 aliphatic carbocycles. The predicted molar refractivity (Wildman–Crippen MR) is 138 cm³/mol. The Kier molecular flexibility index (Phi) is 10.1. The fourth-order valence-electron chi connectivity index (χ4n) is 3.73. The molecule has 0 aromatic heterocycles. The number of benzene rings is 3. The molecule has 0 heterocycles. The molecule has 0 radical (unpaired) electrons. The summed E-state index contributed by atoms with van der Waals surface area (Å²) in [4.78, 5) is 24.2. The van der Waals surface area contributed by atoms with Crippen molar-refractivity contribution in [1.29, 1.82) is 0 Å². The van der Waals surface area contributed by atoms with Crippen LogP contribution < -0.4 is 9.47 Å². The molecule has 35 heavy (non-hydrogen) atoms. The van der Waals surface area contributed by atoms with Crippen LogP contribution >= 0.6 is 0 Å². The number of rotatable bonds is 14. The summed E-state index contributed by atoms with van der Waals surface area (Å²) in [7, 11) is 0. The lowest BCUT2D eigenvalue weighted by Crippen LogP contribution is -2.10. The molecule has 0 aliphatic heterocycles. The standard InChI is InChI=1S/C30H32O5/c1-2-3-4-5-6-7-8-12-21-34-26-18-15-24(16-19-26)30(33)35-28-22-25(29(31)32)17-20-27(28)23-13-10-9-11-14-23/h2,9-11,13-20,22H,1,3-8,12,21H2,(H,31,32). The van der Waals surface area contributed by atoms with Crippen molar-refractivity contribution in [2.24, 2.45) is 0 Å². The summed E-state index contributed by atoms with van der Waals surface area (Å²) >= 11 is 0. The van der Waals surface area contributed by atoms with Crippen molar-refractivity contribution in [3.05, 3.63) is 96.6 Å². The lowest BCUT2D eigenvalue weighted by molar-refractivity contribution is 0.0688.